The van der Waals surface area contributed by atoms with E-state index in [9.17, 15) is 15.0 Å². The van der Waals surface area contributed by atoms with Crippen molar-refractivity contribution in [2.45, 2.75) is 13.3 Å². The first-order chi connectivity index (χ1) is 20.9. The van der Waals surface area contributed by atoms with Gasteiger partial charge in [0.1, 0.15) is 30.5 Å². The highest BCUT2D eigenvalue weighted by molar-refractivity contribution is 5.99. The van der Waals surface area contributed by atoms with Crippen molar-refractivity contribution in [2.75, 3.05) is 33.4 Å². The number of rotatable bonds is 14. The summed E-state index contributed by atoms with van der Waals surface area (Å²) in [6.07, 6.45) is 2.32. The van der Waals surface area contributed by atoms with Crippen LogP contribution >= 0.6 is 0 Å². The van der Waals surface area contributed by atoms with E-state index in [1.165, 1.54) is 29.5 Å². The third-order valence-electron chi connectivity index (χ3n) is 6.94. The number of allylic oxidation sites excluding steroid dienone is 1. The number of ether oxygens (including phenoxy) is 1. The predicted molar refractivity (Wildman–Crippen MR) is 170 cm³/mol. The molecule has 0 atom stereocenters. The van der Waals surface area contributed by atoms with Gasteiger partial charge < -0.3 is 25.5 Å². The number of phenols is 2. The molecule has 0 aromatic heterocycles. The molecule has 4 N–H and O–H groups in total. The summed E-state index contributed by atoms with van der Waals surface area (Å²) in [5.74, 6) is 0.140. The van der Waals surface area contributed by atoms with Crippen molar-refractivity contribution >= 4 is 23.3 Å². The van der Waals surface area contributed by atoms with Crippen LogP contribution in [0.3, 0.4) is 0 Å². The van der Waals surface area contributed by atoms with Crippen LogP contribution < -0.4 is 10.5 Å². The summed E-state index contributed by atoms with van der Waals surface area (Å²) < 4.78 is 6.01. The Bertz CT molecular complexity index is 1550. The Labute approximate surface area is 252 Å². The highest BCUT2D eigenvalue weighted by Crippen LogP contribution is 2.35. The second-order valence-corrected chi connectivity index (χ2v) is 10.0. The van der Waals surface area contributed by atoms with Crippen molar-refractivity contribution < 1.29 is 24.6 Å². The second kappa shape index (κ2) is 15.2. The zero-order chi connectivity index (χ0) is 30.6. The van der Waals surface area contributed by atoms with Crippen molar-refractivity contribution in [1.29, 1.82) is 0 Å². The summed E-state index contributed by atoms with van der Waals surface area (Å²) >= 11 is 0. The molecule has 0 radical (unpaired) electrons. The topological polar surface area (TPSA) is 118 Å². The fourth-order valence-corrected chi connectivity index (χ4v) is 4.64. The minimum Gasteiger partial charge on any atom is -0.508 e. The van der Waals surface area contributed by atoms with Gasteiger partial charge in [-0.1, -0.05) is 66.7 Å². The molecule has 43 heavy (non-hydrogen) atoms. The Morgan fingerprint density at radius 2 is 1.51 bits per heavy atom. The van der Waals surface area contributed by atoms with Gasteiger partial charge in [0.25, 0.3) is 5.91 Å². The first-order valence-corrected chi connectivity index (χ1v) is 14.1. The van der Waals surface area contributed by atoms with E-state index in [4.69, 9.17) is 15.3 Å². The molecule has 0 aliphatic carbocycles. The van der Waals surface area contributed by atoms with Crippen LogP contribution in [0.2, 0.25) is 0 Å². The van der Waals surface area contributed by atoms with Crippen LogP contribution in [0.5, 0.6) is 17.2 Å². The Kier molecular flexibility index (Phi) is 10.9. The molecule has 0 aliphatic rings. The van der Waals surface area contributed by atoms with Gasteiger partial charge in [0.2, 0.25) is 0 Å². The second-order valence-electron chi connectivity index (χ2n) is 10.0. The molecule has 8 heteroatoms. The highest BCUT2D eigenvalue weighted by Gasteiger charge is 2.14. The van der Waals surface area contributed by atoms with Crippen molar-refractivity contribution in [3.63, 3.8) is 0 Å². The molecule has 0 saturated carbocycles. The van der Waals surface area contributed by atoms with Gasteiger partial charge >= 0.3 is 0 Å². The molecule has 4 aromatic carbocycles. The van der Waals surface area contributed by atoms with Gasteiger partial charge in [-0.3, -0.25) is 9.69 Å². The summed E-state index contributed by atoms with van der Waals surface area (Å²) in [7, 11) is 1.98. The van der Waals surface area contributed by atoms with Gasteiger partial charge in [0.05, 0.1) is 11.8 Å². The number of primary amides is 1. The van der Waals surface area contributed by atoms with Crippen LogP contribution in [0.15, 0.2) is 102 Å². The molecule has 0 saturated heterocycles. The maximum absolute atomic E-state index is 11.4. The Morgan fingerprint density at radius 1 is 0.860 bits per heavy atom. The number of hydrogen-bond donors (Lipinski definition) is 3. The Hall–Kier alpha value is -5.08. The van der Waals surface area contributed by atoms with E-state index in [1.807, 2.05) is 49.5 Å². The largest absolute Gasteiger partial charge is 0.508 e. The van der Waals surface area contributed by atoms with Crippen LogP contribution in [-0.2, 0) is 4.84 Å². The van der Waals surface area contributed by atoms with Crippen molar-refractivity contribution in [2.24, 2.45) is 10.9 Å². The first-order valence-electron chi connectivity index (χ1n) is 14.1. The van der Waals surface area contributed by atoms with E-state index >= 15 is 0 Å². The predicted octanol–water partition coefficient (Wildman–Crippen LogP) is 5.93. The van der Waals surface area contributed by atoms with Gasteiger partial charge in [-0.15, -0.1) is 0 Å². The number of nitrogens with two attached hydrogens (primary N) is 1. The molecule has 4 rings (SSSR count). The fraction of sp³-hybridized carbons (Fsp3) is 0.200. The zero-order valence-electron chi connectivity index (χ0n) is 24.4. The SMILES string of the molecule is CC/C(=C(/c1ccc(O)cc1)c1ccc(OCCN(C)CCO/N=C\c2ccc(O)c(C(N)=O)c2)cc1)c1ccccc1. The molecule has 0 fully saturated rings. The van der Waals surface area contributed by atoms with Crippen molar-refractivity contribution in [3.8, 4) is 17.2 Å². The van der Waals surface area contributed by atoms with Crippen LogP contribution in [0.4, 0.5) is 0 Å². The molecule has 0 unspecified atom stereocenters. The van der Waals surface area contributed by atoms with Crippen LogP contribution in [0.25, 0.3) is 11.1 Å². The van der Waals surface area contributed by atoms with Crippen molar-refractivity contribution in [1.82, 2.24) is 4.90 Å². The number of likely N-dealkylation sites (N-methyl/N-ethyl adjacent to an activating group) is 1. The summed E-state index contributed by atoms with van der Waals surface area (Å²) in [4.78, 5) is 18.8. The molecule has 0 aliphatic heterocycles. The number of carbonyl (C=O) groups is 1. The maximum atomic E-state index is 11.4. The lowest BCUT2D eigenvalue weighted by Crippen LogP contribution is -2.27. The molecule has 1 amide bonds. The zero-order valence-corrected chi connectivity index (χ0v) is 24.4. The van der Waals surface area contributed by atoms with E-state index in [2.05, 4.69) is 41.2 Å². The van der Waals surface area contributed by atoms with E-state index in [0.717, 1.165) is 28.9 Å². The summed E-state index contributed by atoms with van der Waals surface area (Å²) in [5.41, 5.74) is 11.5. The van der Waals surface area contributed by atoms with Crippen LogP contribution in [-0.4, -0.2) is 60.6 Å². The molecule has 0 bridgehead atoms. The number of benzene rings is 4. The van der Waals surface area contributed by atoms with Gasteiger partial charge in [0, 0.05) is 13.1 Å². The third-order valence-corrected chi connectivity index (χ3v) is 6.94. The van der Waals surface area contributed by atoms with Crippen LogP contribution in [0, 0.1) is 0 Å². The van der Waals surface area contributed by atoms with Gasteiger partial charge in [-0.25, -0.2) is 0 Å². The van der Waals surface area contributed by atoms with Gasteiger partial charge in [-0.2, -0.15) is 0 Å². The van der Waals surface area contributed by atoms with Crippen molar-refractivity contribution in [3.05, 3.63) is 125 Å². The number of aromatic hydroxyl groups is 2. The number of phenolic OH excluding ortho intramolecular Hbond substituents is 1. The number of hydrogen-bond acceptors (Lipinski definition) is 7. The van der Waals surface area contributed by atoms with Gasteiger partial charge in [-0.05, 0) is 89.3 Å². The monoisotopic (exact) mass is 579 g/mol. The Balaban J connectivity index is 1.31. The fourth-order valence-electron chi connectivity index (χ4n) is 4.64. The summed E-state index contributed by atoms with van der Waals surface area (Å²) in [5, 5.41) is 23.5. The van der Waals surface area contributed by atoms with Crippen LogP contribution in [0.1, 0.15) is 46.0 Å². The summed E-state index contributed by atoms with van der Waals surface area (Å²) in [6.45, 7) is 4.37. The molecule has 0 spiro atoms. The maximum Gasteiger partial charge on any atom is 0.252 e. The number of carbonyl (C=O) groups excluding carboxylic acids is 1. The smallest absolute Gasteiger partial charge is 0.252 e. The lowest BCUT2D eigenvalue weighted by Gasteiger charge is -2.18. The van der Waals surface area contributed by atoms with Gasteiger partial charge in [0.15, 0.2) is 0 Å². The minimum absolute atomic E-state index is 0.0328. The molecular formula is C35H37N3O5. The molecule has 222 valence electrons. The molecule has 0 heterocycles. The lowest BCUT2D eigenvalue weighted by molar-refractivity contribution is 0.0997. The Morgan fingerprint density at radius 3 is 2.16 bits per heavy atom. The van der Waals surface area contributed by atoms with E-state index in [1.54, 1.807) is 18.2 Å². The summed E-state index contributed by atoms with van der Waals surface area (Å²) in [6, 6.07) is 30.3. The molecule has 4 aromatic rings. The normalized spacial score (nSPS) is 11.9. The standard InChI is InChI=1S/C35H37N3O5/c1-3-31(26-7-5-4-6-8-26)34(27-10-14-29(39)15-11-27)28-12-16-30(17-13-28)42-21-19-38(2)20-22-43-37-24-25-9-18-33(40)32(23-25)35(36)41/h4-18,23-24,39-40H,3,19-22H2,1-2H3,(H2,36,41)/b34-31+,37-24-. The number of amides is 1. The third kappa shape index (κ3) is 8.70. The highest BCUT2D eigenvalue weighted by atomic mass is 16.6. The molecular weight excluding hydrogens is 542 g/mol. The minimum atomic E-state index is -0.710. The van der Waals surface area contributed by atoms with E-state index in [0.29, 0.717) is 31.9 Å². The number of oxime groups is 1. The average molecular weight is 580 g/mol. The lowest BCUT2D eigenvalue weighted by atomic mass is 9.88. The first kappa shape index (κ1) is 30.9. The van der Waals surface area contributed by atoms with E-state index in [-0.39, 0.29) is 17.1 Å². The quantitative estimate of drug-likeness (QED) is 0.0738. The molecule has 8 nitrogen and oxygen atoms in total. The number of nitrogens with zero attached hydrogens (tertiary/aromatic N) is 2. The van der Waals surface area contributed by atoms with E-state index < -0.39 is 5.91 Å². The average Bonchev–Trinajstić information content (AvgIpc) is 3.02.